The van der Waals surface area contributed by atoms with E-state index in [9.17, 15) is 18.0 Å². The molecule has 0 saturated carbocycles. The van der Waals surface area contributed by atoms with Crippen molar-refractivity contribution in [1.82, 2.24) is 19.5 Å². The third-order valence-electron chi connectivity index (χ3n) is 5.29. The molecule has 10 heteroatoms. The molecule has 1 aliphatic rings. The van der Waals surface area contributed by atoms with Gasteiger partial charge in [0.25, 0.3) is 0 Å². The van der Waals surface area contributed by atoms with Gasteiger partial charge in [0.2, 0.25) is 0 Å². The molecule has 2 aromatic heterocycles. The second kappa shape index (κ2) is 8.99. The average Bonchev–Trinajstić information content (AvgIpc) is 2.88. The van der Waals surface area contributed by atoms with Crippen LogP contribution in [0.25, 0.3) is 16.9 Å². The first kappa shape index (κ1) is 22.4. The maximum atomic E-state index is 13.8. The van der Waals surface area contributed by atoms with Gasteiger partial charge >= 0.3 is 6.18 Å². The molecule has 0 radical (unpaired) electrons. The number of hydrogen-bond acceptors (Lipinski definition) is 4. The van der Waals surface area contributed by atoms with Gasteiger partial charge in [0, 0.05) is 10.0 Å². The summed E-state index contributed by atoms with van der Waals surface area (Å²) in [5.41, 5.74) is -0.367. The minimum atomic E-state index is -4.66. The first-order valence-corrected chi connectivity index (χ1v) is 11.5. The molecule has 1 aromatic carbocycles. The Bertz CT molecular complexity index is 1100. The molecule has 31 heavy (non-hydrogen) atoms. The molecule has 4 rings (SSSR count). The maximum Gasteiger partial charge on any atom is 0.433 e. The summed E-state index contributed by atoms with van der Waals surface area (Å²) in [6, 6.07) is 7.78. The van der Waals surface area contributed by atoms with Gasteiger partial charge in [0.1, 0.15) is 5.69 Å². The summed E-state index contributed by atoms with van der Waals surface area (Å²) in [6.07, 6.45) is -0.394. The second-order valence-corrected chi connectivity index (χ2v) is 9.25. The van der Waals surface area contributed by atoms with E-state index in [0.29, 0.717) is 10.1 Å². The summed E-state index contributed by atoms with van der Waals surface area (Å²) >= 11 is 6.61. The van der Waals surface area contributed by atoms with Gasteiger partial charge in [-0.15, -0.1) is 0 Å². The van der Waals surface area contributed by atoms with Crippen LogP contribution in [-0.2, 0) is 6.18 Å². The van der Waals surface area contributed by atoms with Crippen molar-refractivity contribution < 1.29 is 18.0 Å². The molecule has 3 aromatic rings. The Labute approximate surface area is 193 Å². The Kier molecular flexibility index (Phi) is 6.50. The van der Waals surface area contributed by atoms with E-state index in [1.54, 1.807) is 24.3 Å². The van der Waals surface area contributed by atoms with Crippen LogP contribution in [0, 0.1) is 0 Å². The zero-order chi connectivity index (χ0) is 22.2. The van der Waals surface area contributed by atoms with Crippen LogP contribution in [0.3, 0.4) is 0 Å². The highest BCUT2D eigenvalue weighted by atomic mass is 79.9. The first-order chi connectivity index (χ1) is 14.7. The summed E-state index contributed by atoms with van der Waals surface area (Å²) in [5.74, 6) is -0.322. The summed E-state index contributed by atoms with van der Waals surface area (Å²) < 4.78 is 43.2. The van der Waals surface area contributed by atoms with E-state index in [1.807, 2.05) is 4.90 Å². The Hall–Kier alpha value is -1.78. The normalized spacial score (nSPS) is 15.9. The zero-order valence-corrected chi connectivity index (χ0v) is 19.6. The minimum Gasteiger partial charge on any atom is -0.296 e. The van der Waals surface area contributed by atoms with E-state index in [4.69, 9.17) is 0 Å². The molecule has 0 atom stereocenters. The molecule has 0 N–H and O–H groups in total. The number of halogens is 5. The fraction of sp³-hybridized carbons (Fsp3) is 0.381. The van der Waals surface area contributed by atoms with Gasteiger partial charge in [-0.3, -0.25) is 9.69 Å². The van der Waals surface area contributed by atoms with Crippen LogP contribution < -0.4 is 0 Å². The van der Waals surface area contributed by atoms with Crippen molar-refractivity contribution in [3.8, 4) is 11.3 Å². The number of alkyl halides is 3. The Morgan fingerprint density at radius 2 is 1.68 bits per heavy atom. The van der Waals surface area contributed by atoms with Gasteiger partial charge in [-0.1, -0.05) is 40.9 Å². The van der Waals surface area contributed by atoms with Crippen molar-refractivity contribution in [2.24, 2.45) is 0 Å². The number of likely N-dealkylation sites (tertiary alicyclic amines) is 1. The van der Waals surface area contributed by atoms with E-state index in [0.717, 1.165) is 49.3 Å². The quantitative estimate of drug-likeness (QED) is 0.368. The number of ketones is 1. The molecule has 5 nitrogen and oxygen atoms in total. The van der Waals surface area contributed by atoms with Gasteiger partial charge in [0.15, 0.2) is 17.1 Å². The zero-order valence-electron chi connectivity index (χ0n) is 16.4. The third kappa shape index (κ3) is 4.85. The molecule has 0 aliphatic carbocycles. The van der Waals surface area contributed by atoms with E-state index in [-0.39, 0.29) is 33.8 Å². The molecule has 0 bridgehead atoms. The highest BCUT2D eigenvalue weighted by Gasteiger charge is 2.36. The van der Waals surface area contributed by atoms with E-state index < -0.39 is 11.9 Å². The monoisotopic (exact) mass is 558 g/mol. The number of carbonyl (C=O) groups excluding carboxylic acids is 1. The van der Waals surface area contributed by atoms with Crippen LogP contribution >= 0.6 is 31.9 Å². The molecular weight excluding hydrogens is 541 g/mol. The Morgan fingerprint density at radius 1 is 1.03 bits per heavy atom. The lowest BCUT2D eigenvalue weighted by molar-refractivity contribution is -0.142. The van der Waals surface area contributed by atoms with Crippen LogP contribution in [0.2, 0.25) is 0 Å². The summed E-state index contributed by atoms with van der Waals surface area (Å²) in [4.78, 5) is 19.3. The van der Waals surface area contributed by atoms with Crippen LogP contribution in [0.4, 0.5) is 13.2 Å². The van der Waals surface area contributed by atoms with Crippen molar-refractivity contribution in [3.63, 3.8) is 0 Å². The van der Waals surface area contributed by atoms with Gasteiger partial charge in [-0.05, 0) is 60.1 Å². The lowest BCUT2D eigenvalue weighted by atomic mass is 10.1. The smallest absolute Gasteiger partial charge is 0.296 e. The Morgan fingerprint density at radius 3 is 2.29 bits per heavy atom. The lowest BCUT2D eigenvalue weighted by Crippen LogP contribution is -2.31. The molecule has 0 amide bonds. The van der Waals surface area contributed by atoms with Crippen molar-refractivity contribution in [1.29, 1.82) is 0 Å². The SMILES string of the molecule is O=C(CN1CCCCCC1)c1nn2c(C(F)(F)F)cc(-c3ccc(Br)cc3)nc2c1Br. The number of carbonyl (C=O) groups is 1. The predicted octanol–water partition coefficient (Wildman–Crippen LogP) is 6.00. The number of benzene rings is 1. The topological polar surface area (TPSA) is 50.5 Å². The van der Waals surface area contributed by atoms with E-state index in [2.05, 4.69) is 41.9 Å². The average molecular weight is 560 g/mol. The lowest BCUT2D eigenvalue weighted by Gasteiger charge is -2.17. The predicted molar refractivity (Wildman–Crippen MR) is 118 cm³/mol. The molecule has 0 unspecified atom stereocenters. The van der Waals surface area contributed by atoms with Crippen molar-refractivity contribution in [2.75, 3.05) is 19.6 Å². The molecule has 164 valence electrons. The van der Waals surface area contributed by atoms with Gasteiger partial charge in [-0.2, -0.15) is 18.3 Å². The number of nitrogens with zero attached hydrogens (tertiary/aromatic N) is 4. The van der Waals surface area contributed by atoms with Crippen LogP contribution in [0.15, 0.2) is 39.3 Å². The van der Waals surface area contributed by atoms with Gasteiger partial charge < -0.3 is 0 Å². The third-order valence-corrected chi connectivity index (χ3v) is 6.55. The standard InChI is InChI=1S/C21H19Br2F3N4O/c22-14-7-5-13(6-8-14)15-11-17(21(24,25)26)30-20(27-15)18(23)19(28-30)16(31)12-29-9-3-1-2-4-10-29/h5-8,11H,1-4,9-10,12H2. The molecule has 1 fully saturated rings. The van der Waals surface area contributed by atoms with Crippen molar-refractivity contribution in [3.05, 3.63) is 50.7 Å². The van der Waals surface area contributed by atoms with Gasteiger partial charge in [0.05, 0.1) is 16.7 Å². The fourth-order valence-corrected chi connectivity index (χ4v) is 4.53. The minimum absolute atomic E-state index is 0.0322. The summed E-state index contributed by atoms with van der Waals surface area (Å²) in [5, 5.41) is 4.02. The largest absolute Gasteiger partial charge is 0.433 e. The maximum absolute atomic E-state index is 13.8. The number of hydrogen-bond donors (Lipinski definition) is 0. The van der Waals surface area contributed by atoms with Crippen LogP contribution in [0.5, 0.6) is 0 Å². The second-order valence-electron chi connectivity index (χ2n) is 7.54. The van der Waals surface area contributed by atoms with Crippen molar-refractivity contribution >= 4 is 43.3 Å². The van der Waals surface area contributed by atoms with Crippen LogP contribution in [-0.4, -0.2) is 44.9 Å². The Balaban J connectivity index is 1.77. The highest BCUT2D eigenvalue weighted by Crippen LogP contribution is 2.35. The van der Waals surface area contributed by atoms with E-state index in [1.165, 1.54) is 0 Å². The number of fused-ring (bicyclic) bond motifs is 1. The molecule has 1 aliphatic heterocycles. The van der Waals surface area contributed by atoms with Crippen LogP contribution in [0.1, 0.15) is 41.9 Å². The number of rotatable bonds is 4. The number of Topliss-reactive ketones (excluding diaryl/α,β-unsaturated/α-hetero) is 1. The molecular formula is C21H19Br2F3N4O. The molecule has 1 saturated heterocycles. The molecule has 3 heterocycles. The number of aromatic nitrogens is 3. The summed E-state index contributed by atoms with van der Waals surface area (Å²) in [7, 11) is 0. The fourth-order valence-electron chi connectivity index (χ4n) is 3.71. The first-order valence-electron chi connectivity index (χ1n) is 9.92. The van der Waals surface area contributed by atoms with E-state index >= 15 is 0 Å². The summed E-state index contributed by atoms with van der Waals surface area (Å²) in [6.45, 7) is 1.73. The highest BCUT2D eigenvalue weighted by molar-refractivity contribution is 9.11. The van der Waals surface area contributed by atoms with Crippen molar-refractivity contribution in [2.45, 2.75) is 31.9 Å². The van der Waals surface area contributed by atoms with Gasteiger partial charge in [-0.25, -0.2) is 9.50 Å². The molecule has 0 spiro atoms.